The largest absolute Gasteiger partial charge is 0.467 e. The lowest BCUT2D eigenvalue weighted by Crippen LogP contribution is -2.33. The third-order valence-corrected chi connectivity index (χ3v) is 7.13. The zero-order chi connectivity index (χ0) is 22.3. The lowest BCUT2D eigenvalue weighted by Gasteiger charge is -2.26. The minimum absolute atomic E-state index is 0.242. The Labute approximate surface area is 191 Å². The van der Waals surface area contributed by atoms with Crippen LogP contribution in [0.5, 0.6) is 0 Å². The molecule has 3 unspecified atom stereocenters. The van der Waals surface area contributed by atoms with E-state index in [-0.39, 0.29) is 12.3 Å². The van der Waals surface area contributed by atoms with Gasteiger partial charge in [-0.05, 0) is 69.1 Å². The fourth-order valence-electron chi connectivity index (χ4n) is 5.11. The summed E-state index contributed by atoms with van der Waals surface area (Å²) in [5.41, 5.74) is 0. The number of ether oxygens (including phenoxy) is 3. The second-order valence-corrected chi connectivity index (χ2v) is 9.79. The van der Waals surface area contributed by atoms with E-state index in [9.17, 15) is 4.79 Å². The third-order valence-electron chi connectivity index (χ3n) is 7.13. The molecule has 1 saturated carbocycles. The smallest absolute Gasteiger partial charge is 0.335 e. The number of unbranched alkanes of at least 4 members (excludes halogenated alkanes) is 4. The minimum Gasteiger partial charge on any atom is -0.467 e. The van der Waals surface area contributed by atoms with Crippen LogP contribution in [0.3, 0.4) is 0 Å². The van der Waals surface area contributed by atoms with E-state index < -0.39 is 6.10 Å². The molecule has 1 aliphatic heterocycles. The van der Waals surface area contributed by atoms with E-state index in [0.717, 1.165) is 62.9 Å². The summed E-state index contributed by atoms with van der Waals surface area (Å²) >= 11 is 0. The van der Waals surface area contributed by atoms with Gasteiger partial charge >= 0.3 is 5.97 Å². The number of rotatable bonds is 15. The molecule has 1 saturated heterocycles. The van der Waals surface area contributed by atoms with Crippen molar-refractivity contribution in [3.8, 4) is 0 Å². The van der Waals surface area contributed by atoms with Crippen LogP contribution in [0.25, 0.3) is 0 Å². The molecule has 0 amide bonds. The van der Waals surface area contributed by atoms with Crippen molar-refractivity contribution in [2.75, 3.05) is 13.7 Å². The fourth-order valence-corrected chi connectivity index (χ4v) is 5.11. The van der Waals surface area contributed by atoms with Crippen molar-refractivity contribution in [2.24, 2.45) is 17.8 Å². The van der Waals surface area contributed by atoms with Crippen molar-refractivity contribution in [1.29, 1.82) is 0 Å². The Morgan fingerprint density at radius 3 is 2.61 bits per heavy atom. The molecule has 2 fully saturated rings. The van der Waals surface area contributed by atoms with Gasteiger partial charge in [-0.25, -0.2) is 4.79 Å². The second-order valence-electron chi connectivity index (χ2n) is 9.79. The van der Waals surface area contributed by atoms with E-state index in [1.165, 1.54) is 64.9 Å². The summed E-state index contributed by atoms with van der Waals surface area (Å²) < 4.78 is 16.5. The average Bonchev–Trinajstić information content (AvgIpc) is 3.24. The van der Waals surface area contributed by atoms with Crippen LogP contribution in [0.1, 0.15) is 110 Å². The number of esters is 1. The molecule has 0 N–H and O–H groups in total. The second kappa shape index (κ2) is 15.9. The van der Waals surface area contributed by atoms with Crippen molar-refractivity contribution < 1.29 is 19.0 Å². The Morgan fingerprint density at radius 1 is 1.03 bits per heavy atom. The lowest BCUT2D eigenvalue weighted by atomic mass is 9.89. The Bertz CT molecular complexity index is 497. The highest BCUT2D eigenvalue weighted by molar-refractivity contribution is 5.74. The first-order valence-corrected chi connectivity index (χ1v) is 13.2. The summed E-state index contributed by atoms with van der Waals surface area (Å²) in [5, 5.41) is 0. The number of hydrogen-bond donors (Lipinski definition) is 0. The third kappa shape index (κ3) is 10.5. The molecule has 0 spiro atoms. The molecule has 0 radical (unpaired) electrons. The van der Waals surface area contributed by atoms with Crippen LogP contribution in [0.15, 0.2) is 12.2 Å². The number of carbonyl (C=O) groups excluding carboxylic acids is 1. The van der Waals surface area contributed by atoms with E-state index in [0.29, 0.717) is 0 Å². The molecule has 4 nitrogen and oxygen atoms in total. The van der Waals surface area contributed by atoms with E-state index >= 15 is 0 Å². The molecule has 5 atom stereocenters. The number of hydrogen-bond acceptors (Lipinski definition) is 4. The van der Waals surface area contributed by atoms with Crippen LogP contribution in [0.2, 0.25) is 0 Å². The Kier molecular flexibility index (Phi) is 13.5. The van der Waals surface area contributed by atoms with Crippen LogP contribution in [-0.2, 0) is 19.0 Å². The summed E-state index contributed by atoms with van der Waals surface area (Å²) in [6.07, 6.45) is 22.3. The molecule has 4 heteroatoms. The van der Waals surface area contributed by atoms with Crippen molar-refractivity contribution in [1.82, 2.24) is 0 Å². The van der Waals surface area contributed by atoms with Gasteiger partial charge in [-0.1, -0.05) is 70.9 Å². The predicted octanol–water partition coefficient (Wildman–Crippen LogP) is 7.21. The highest BCUT2D eigenvalue weighted by Crippen LogP contribution is 2.36. The van der Waals surface area contributed by atoms with E-state index in [1.807, 2.05) is 0 Å². The van der Waals surface area contributed by atoms with E-state index in [4.69, 9.17) is 14.2 Å². The van der Waals surface area contributed by atoms with Crippen LogP contribution < -0.4 is 0 Å². The molecule has 0 bridgehead atoms. The first kappa shape index (κ1) is 26.4. The molecule has 1 aliphatic carbocycles. The fraction of sp³-hybridized carbons (Fsp3) is 0.889. The zero-order valence-electron chi connectivity index (χ0n) is 20.5. The van der Waals surface area contributed by atoms with Crippen molar-refractivity contribution in [2.45, 2.75) is 123 Å². The normalized spacial score (nSPS) is 26.2. The van der Waals surface area contributed by atoms with Gasteiger partial charge in [0.05, 0.1) is 7.11 Å². The maximum Gasteiger partial charge on any atom is 0.335 e. The maximum absolute atomic E-state index is 12.1. The van der Waals surface area contributed by atoms with Gasteiger partial charge in [0.1, 0.15) is 0 Å². The van der Waals surface area contributed by atoms with E-state index in [2.05, 4.69) is 26.0 Å². The molecule has 2 rings (SSSR count). The molecular weight excluding hydrogens is 388 g/mol. The molecule has 1 heterocycles. The summed E-state index contributed by atoms with van der Waals surface area (Å²) in [4.78, 5) is 12.1. The van der Waals surface area contributed by atoms with Gasteiger partial charge in [0.2, 0.25) is 0 Å². The molecule has 0 aromatic carbocycles. The van der Waals surface area contributed by atoms with Gasteiger partial charge in [0, 0.05) is 6.61 Å². The summed E-state index contributed by atoms with van der Waals surface area (Å²) in [7, 11) is 1.44. The van der Waals surface area contributed by atoms with Gasteiger partial charge in [-0.3, -0.25) is 0 Å². The number of allylic oxidation sites excluding steroid dienone is 2. The summed E-state index contributed by atoms with van der Waals surface area (Å²) in [6, 6.07) is 0. The number of carbonyl (C=O) groups is 1. The van der Waals surface area contributed by atoms with Crippen molar-refractivity contribution in [3.63, 3.8) is 0 Å². The SMILES string of the molecule is CCCCCC(C)C=C[C@H]1CCC[C@@H]1CCCCCC(OC1CCCCO1)C(=O)OC. The monoisotopic (exact) mass is 436 g/mol. The Morgan fingerprint density at radius 2 is 1.87 bits per heavy atom. The molecular formula is C27H48O4. The van der Waals surface area contributed by atoms with Crippen LogP contribution >= 0.6 is 0 Å². The Balaban J connectivity index is 1.64. The van der Waals surface area contributed by atoms with Crippen LogP contribution in [-0.4, -0.2) is 32.1 Å². The summed E-state index contributed by atoms with van der Waals surface area (Å²) in [6.45, 7) is 5.37. The van der Waals surface area contributed by atoms with Crippen molar-refractivity contribution >= 4 is 5.97 Å². The quantitative estimate of drug-likeness (QED) is 0.154. The van der Waals surface area contributed by atoms with Gasteiger partial charge in [0.15, 0.2) is 12.4 Å². The van der Waals surface area contributed by atoms with Crippen LogP contribution in [0, 0.1) is 17.8 Å². The zero-order valence-corrected chi connectivity index (χ0v) is 20.5. The molecule has 0 aromatic heterocycles. The summed E-state index contributed by atoms with van der Waals surface area (Å²) in [5.74, 6) is 2.09. The topological polar surface area (TPSA) is 44.8 Å². The predicted molar refractivity (Wildman–Crippen MR) is 127 cm³/mol. The molecule has 0 aromatic rings. The first-order valence-electron chi connectivity index (χ1n) is 13.2. The van der Waals surface area contributed by atoms with Crippen LogP contribution in [0.4, 0.5) is 0 Å². The number of methoxy groups -OCH3 is 1. The van der Waals surface area contributed by atoms with Crippen molar-refractivity contribution in [3.05, 3.63) is 12.2 Å². The lowest BCUT2D eigenvalue weighted by molar-refractivity contribution is -0.203. The van der Waals surface area contributed by atoms with E-state index in [1.54, 1.807) is 0 Å². The average molecular weight is 437 g/mol. The van der Waals surface area contributed by atoms with Gasteiger partial charge in [0.25, 0.3) is 0 Å². The van der Waals surface area contributed by atoms with Gasteiger partial charge in [-0.15, -0.1) is 0 Å². The minimum atomic E-state index is -0.482. The maximum atomic E-state index is 12.1. The Hall–Kier alpha value is -0.870. The highest BCUT2D eigenvalue weighted by Gasteiger charge is 2.27. The highest BCUT2D eigenvalue weighted by atomic mass is 16.7. The standard InChI is InChI=1S/C27H48O4/c1-4-5-7-13-22(2)19-20-24-16-12-15-23(24)14-8-6-9-17-25(27(28)29-3)31-26-18-10-11-21-30-26/h19-20,22-26H,4-18,21H2,1-3H3/t22?,23-,24+,25?,26?/m0/s1. The van der Waals surface area contributed by atoms with Gasteiger partial charge < -0.3 is 14.2 Å². The molecule has 2 aliphatic rings. The molecule has 31 heavy (non-hydrogen) atoms. The van der Waals surface area contributed by atoms with Gasteiger partial charge in [-0.2, -0.15) is 0 Å². The first-order chi connectivity index (χ1) is 15.1. The molecule has 180 valence electrons.